The molecule has 0 saturated carbocycles. The van der Waals surface area contributed by atoms with Gasteiger partial charge in [-0.05, 0) is 18.8 Å². The molecule has 0 N–H and O–H groups in total. The third kappa shape index (κ3) is 9.83. The van der Waals surface area contributed by atoms with E-state index in [1.54, 1.807) is 0 Å². The van der Waals surface area contributed by atoms with Crippen molar-refractivity contribution >= 4 is 0 Å². The Hall–Kier alpha value is -0.260. The van der Waals surface area contributed by atoms with Crippen LogP contribution in [0, 0.1) is 5.92 Å². The van der Waals surface area contributed by atoms with Gasteiger partial charge in [0, 0.05) is 0 Å². The predicted octanol–water partition coefficient (Wildman–Crippen LogP) is 5.34. The van der Waals surface area contributed by atoms with Gasteiger partial charge in [0.1, 0.15) is 0 Å². The Balaban J connectivity index is 3.09. The molecule has 14 heavy (non-hydrogen) atoms. The van der Waals surface area contributed by atoms with Crippen molar-refractivity contribution in [1.82, 2.24) is 0 Å². The standard InChI is InChI=1S/C14H28/c1-4-6-7-8-9-10-11-12-13-14(3)5-2/h12-14H,4-11H2,1-3H3. The van der Waals surface area contributed by atoms with Crippen molar-refractivity contribution in [2.75, 3.05) is 0 Å². The summed E-state index contributed by atoms with van der Waals surface area (Å²) in [6.07, 6.45) is 15.7. The molecule has 0 aromatic carbocycles. The van der Waals surface area contributed by atoms with Crippen LogP contribution >= 0.6 is 0 Å². The summed E-state index contributed by atoms with van der Waals surface area (Å²) in [5.41, 5.74) is 0. The molecule has 0 aliphatic heterocycles. The van der Waals surface area contributed by atoms with E-state index in [-0.39, 0.29) is 0 Å². The number of hydrogen-bond donors (Lipinski definition) is 0. The molecular formula is C14H28. The van der Waals surface area contributed by atoms with E-state index in [2.05, 4.69) is 32.9 Å². The molecule has 0 aliphatic rings. The van der Waals surface area contributed by atoms with E-state index in [0.29, 0.717) is 0 Å². The van der Waals surface area contributed by atoms with Crippen molar-refractivity contribution in [2.45, 2.75) is 72.1 Å². The van der Waals surface area contributed by atoms with Crippen LogP contribution in [0.2, 0.25) is 0 Å². The minimum atomic E-state index is 0.773. The van der Waals surface area contributed by atoms with E-state index in [4.69, 9.17) is 0 Å². The molecule has 0 bridgehead atoms. The summed E-state index contributed by atoms with van der Waals surface area (Å²) >= 11 is 0. The van der Waals surface area contributed by atoms with Crippen molar-refractivity contribution in [3.63, 3.8) is 0 Å². The molecule has 0 radical (unpaired) electrons. The molecule has 0 aromatic rings. The highest BCUT2D eigenvalue weighted by Crippen LogP contribution is 2.08. The van der Waals surface area contributed by atoms with Gasteiger partial charge in [-0.15, -0.1) is 0 Å². The van der Waals surface area contributed by atoms with Crippen molar-refractivity contribution in [1.29, 1.82) is 0 Å². The number of unbranched alkanes of at least 4 members (excludes halogenated alkanes) is 6. The summed E-state index contributed by atoms with van der Waals surface area (Å²) in [5.74, 6) is 0.773. The third-order valence-electron chi connectivity index (χ3n) is 2.83. The van der Waals surface area contributed by atoms with Crippen LogP contribution in [0.25, 0.3) is 0 Å². The fourth-order valence-electron chi connectivity index (χ4n) is 1.51. The van der Waals surface area contributed by atoms with Gasteiger partial charge in [-0.1, -0.05) is 71.4 Å². The first kappa shape index (κ1) is 13.7. The Kier molecular flexibility index (Phi) is 10.6. The maximum absolute atomic E-state index is 2.37. The van der Waals surface area contributed by atoms with Crippen LogP contribution in [0.1, 0.15) is 72.1 Å². The lowest BCUT2D eigenvalue weighted by molar-refractivity contribution is 0.609. The smallest absolute Gasteiger partial charge is 0.0265 e. The number of allylic oxidation sites excluding steroid dienone is 2. The largest absolute Gasteiger partial charge is 0.0883 e. The molecule has 1 unspecified atom stereocenters. The van der Waals surface area contributed by atoms with Crippen molar-refractivity contribution in [2.24, 2.45) is 5.92 Å². The lowest BCUT2D eigenvalue weighted by Crippen LogP contribution is -1.84. The zero-order valence-corrected chi connectivity index (χ0v) is 10.4. The van der Waals surface area contributed by atoms with Crippen LogP contribution in [0.15, 0.2) is 12.2 Å². The minimum Gasteiger partial charge on any atom is -0.0883 e. The molecule has 0 heteroatoms. The summed E-state index contributed by atoms with van der Waals surface area (Å²) in [5, 5.41) is 0. The van der Waals surface area contributed by atoms with Gasteiger partial charge < -0.3 is 0 Å². The SMILES string of the molecule is CCCCCCCCC=CC(C)CC. The molecule has 84 valence electrons. The highest BCUT2D eigenvalue weighted by Gasteiger charge is 1.90. The Morgan fingerprint density at radius 3 is 2.21 bits per heavy atom. The van der Waals surface area contributed by atoms with Gasteiger partial charge in [-0.2, -0.15) is 0 Å². The Labute approximate surface area is 90.8 Å². The molecule has 0 amide bonds. The Morgan fingerprint density at radius 2 is 1.57 bits per heavy atom. The predicted molar refractivity (Wildman–Crippen MR) is 66.6 cm³/mol. The van der Waals surface area contributed by atoms with Gasteiger partial charge in [0.25, 0.3) is 0 Å². The number of hydrogen-bond acceptors (Lipinski definition) is 0. The third-order valence-corrected chi connectivity index (χ3v) is 2.83. The van der Waals surface area contributed by atoms with E-state index in [0.717, 1.165) is 5.92 Å². The fraction of sp³-hybridized carbons (Fsp3) is 0.857. The normalized spacial score (nSPS) is 13.6. The van der Waals surface area contributed by atoms with Gasteiger partial charge in [-0.3, -0.25) is 0 Å². The van der Waals surface area contributed by atoms with E-state index in [1.165, 1.54) is 51.4 Å². The topological polar surface area (TPSA) is 0 Å². The Morgan fingerprint density at radius 1 is 0.929 bits per heavy atom. The lowest BCUT2D eigenvalue weighted by Gasteiger charge is -2.00. The molecular weight excluding hydrogens is 168 g/mol. The minimum absolute atomic E-state index is 0.773. The van der Waals surface area contributed by atoms with Gasteiger partial charge in [-0.25, -0.2) is 0 Å². The summed E-state index contributed by atoms with van der Waals surface area (Å²) in [7, 11) is 0. The highest BCUT2D eigenvalue weighted by molar-refractivity contribution is 4.85. The summed E-state index contributed by atoms with van der Waals surface area (Å²) in [6, 6.07) is 0. The van der Waals surface area contributed by atoms with Crippen LogP contribution in [0.5, 0.6) is 0 Å². The van der Waals surface area contributed by atoms with Gasteiger partial charge in [0.2, 0.25) is 0 Å². The monoisotopic (exact) mass is 196 g/mol. The summed E-state index contributed by atoms with van der Waals surface area (Å²) in [4.78, 5) is 0. The molecule has 0 nitrogen and oxygen atoms in total. The molecule has 0 rings (SSSR count). The van der Waals surface area contributed by atoms with E-state index in [9.17, 15) is 0 Å². The van der Waals surface area contributed by atoms with Crippen molar-refractivity contribution < 1.29 is 0 Å². The molecule has 0 aliphatic carbocycles. The summed E-state index contributed by atoms with van der Waals surface area (Å²) in [6.45, 7) is 6.81. The first-order valence-corrected chi connectivity index (χ1v) is 6.47. The molecule has 0 spiro atoms. The maximum Gasteiger partial charge on any atom is -0.0265 e. The van der Waals surface area contributed by atoms with Crippen LogP contribution in [-0.4, -0.2) is 0 Å². The lowest BCUT2D eigenvalue weighted by atomic mass is 10.1. The average molecular weight is 196 g/mol. The molecule has 1 atom stereocenters. The molecule has 0 saturated heterocycles. The maximum atomic E-state index is 2.37. The van der Waals surface area contributed by atoms with Gasteiger partial charge in [0.05, 0.1) is 0 Å². The van der Waals surface area contributed by atoms with E-state index < -0.39 is 0 Å². The summed E-state index contributed by atoms with van der Waals surface area (Å²) < 4.78 is 0. The van der Waals surface area contributed by atoms with Crippen LogP contribution in [-0.2, 0) is 0 Å². The molecule has 0 heterocycles. The molecule has 0 aromatic heterocycles. The van der Waals surface area contributed by atoms with Crippen LogP contribution in [0.4, 0.5) is 0 Å². The first-order valence-electron chi connectivity index (χ1n) is 6.47. The van der Waals surface area contributed by atoms with Crippen molar-refractivity contribution in [3.05, 3.63) is 12.2 Å². The highest BCUT2D eigenvalue weighted by atomic mass is 14.0. The quantitative estimate of drug-likeness (QED) is 0.345. The zero-order chi connectivity index (χ0) is 10.6. The van der Waals surface area contributed by atoms with E-state index >= 15 is 0 Å². The molecule has 0 fully saturated rings. The Bertz CT molecular complexity index is 124. The second-order valence-corrected chi connectivity index (χ2v) is 4.37. The van der Waals surface area contributed by atoms with Crippen LogP contribution < -0.4 is 0 Å². The van der Waals surface area contributed by atoms with E-state index in [1.807, 2.05) is 0 Å². The first-order chi connectivity index (χ1) is 6.81. The van der Waals surface area contributed by atoms with Crippen molar-refractivity contribution in [3.8, 4) is 0 Å². The zero-order valence-electron chi connectivity index (χ0n) is 10.4. The van der Waals surface area contributed by atoms with Gasteiger partial charge >= 0.3 is 0 Å². The fourth-order valence-corrected chi connectivity index (χ4v) is 1.51. The second kappa shape index (κ2) is 10.8. The second-order valence-electron chi connectivity index (χ2n) is 4.37. The van der Waals surface area contributed by atoms with Crippen LogP contribution in [0.3, 0.4) is 0 Å². The number of rotatable bonds is 9. The average Bonchev–Trinajstić information content (AvgIpc) is 2.21. The van der Waals surface area contributed by atoms with Gasteiger partial charge in [0.15, 0.2) is 0 Å².